The van der Waals surface area contributed by atoms with E-state index in [0.29, 0.717) is 6.42 Å². The van der Waals surface area contributed by atoms with Gasteiger partial charge in [0.25, 0.3) is 0 Å². The van der Waals surface area contributed by atoms with Crippen LogP contribution in [-0.4, -0.2) is 23.9 Å². The zero-order valence-electron chi connectivity index (χ0n) is 8.74. The van der Waals surface area contributed by atoms with E-state index in [9.17, 15) is 4.39 Å². The molecule has 15 heavy (non-hydrogen) atoms. The topological polar surface area (TPSA) is 55.5 Å². The molecule has 0 amide bonds. The first-order valence-electron chi connectivity index (χ1n) is 4.82. The first-order chi connectivity index (χ1) is 7.05. The lowest BCUT2D eigenvalue weighted by atomic mass is 10.0. The van der Waals surface area contributed by atoms with Gasteiger partial charge in [-0.2, -0.15) is 0 Å². The third kappa shape index (κ3) is 3.85. The average molecular weight is 213 g/mol. The first-order valence-corrected chi connectivity index (χ1v) is 4.82. The Bertz CT molecular complexity index is 315. The quantitative estimate of drug-likeness (QED) is 0.775. The molecule has 1 atom stereocenters. The van der Waals surface area contributed by atoms with Gasteiger partial charge in [-0.25, -0.2) is 4.39 Å². The van der Waals surface area contributed by atoms with E-state index in [0.717, 1.165) is 0 Å². The lowest BCUT2D eigenvalue weighted by Crippen LogP contribution is -2.41. The summed E-state index contributed by atoms with van der Waals surface area (Å²) < 4.78 is 18.3. The molecule has 0 aliphatic heterocycles. The molecule has 1 rings (SSSR count). The van der Waals surface area contributed by atoms with Crippen molar-refractivity contribution in [2.45, 2.75) is 18.9 Å². The number of hydrogen-bond acceptors (Lipinski definition) is 3. The maximum atomic E-state index is 13.1. The van der Waals surface area contributed by atoms with Gasteiger partial charge in [0.05, 0.1) is 13.2 Å². The highest BCUT2D eigenvalue weighted by Crippen LogP contribution is 2.16. The molecular formula is C11H16FNO2. The van der Waals surface area contributed by atoms with Crippen LogP contribution in [0, 0.1) is 5.82 Å². The summed E-state index contributed by atoms with van der Waals surface area (Å²) in [6, 6.07) is 6.19. The Morgan fingerprint density at radius 1 is 1.47 bits per heavy atom. The van der Waals surface area contributed by atoms with Gasteiger partial charge in [-0.1, -0.05) is 12.1 Å². The molecule has 0 saturated carbocycles. The zero-order valence-corrected chi connectivity index (χ0v) is 8.74. The van der Waals surface area contributed by atoms with Gasteiger partial charge < -0.3 is 15.6 Å². The van der Waals surface area contributed by atoms with Crippen LogP contribution in [0.3, 0.4) is 0 Å². The molecule has 84 valence electrons. The van der Waals surface area contributed by atoms with Crippen LogP contribution in [0.1, 0.15) is 13.3 Å². The van der Waals surface area contributed by atoms with E-state index in [1.807, 2.05) is 0 Å². The van der Waals surface area contributed by atoms with Gasteiger partial charge in [0.1, 0.15) is 0 Å². The first kappa shape index (κ1) is 11.9. The smallest absolute Gasteiger partial charge is 0.165 e. The van der Waals surface area contributed by atoms with Gasteiger partial charge in [-0.15, -0.1) is 0 Å². The van der Waals surface area contributed by atoms with Gasteiger partial charge in [0, 0.05) is 12.0 Å². The van der Waals surface area contributed by atoms with Gasteiger partial charge in [0.2, 0.25) is 0 Å². The maximum Gasteiger partial charge on any atom is 0.165 e. The summed E-state index contributed by atoms with van der Waals surface area (Å²) >= 11 is 0. The van der Waals surface area contributed by atoms with Crippen molar-refractivity contribution in [1.82, 2.24) is 0 Å². The standard InChI is InChI=1S/C11H16FNO2/c1-11(13,8-14)6-7-15-10-5-3-2-4-9(10)12/h2-5,14H,6-8,13H2,1H3. The third-order valence-corrected chi connectivity index (χ3v) is 2.13. The fourth-order valence-electron chi connectivity index (χ4n) is 1.03. The maximum absolute atomic E-state index is 13.1. The second-order valence-electron chi connectivity index (χ2n) is 3.84. The van der Waals surface area contributed by atoms with Crippen molar-refractivity contribution in [3.8, 4) is 5.75 Å². The molecule has 3 N–H and O–H groups in total. The fraction of sp³-hybridized carbons (Fsp3) is 0.455. The lowest BCUT2D eigenvalue weighted by molar-refractivity contribution is 0.173. The monoisotopic (exact) mass is 213 g/mol. The van der Waals surface area contributed by atoms with Crippen molar-refractivity contribution in [1.29, 1.82) is 0 Å². The Morgan fingerprint density at radius 3 is 2.73 bits per heavy atom. The van der Waals surface area contributed by atoms with Gasteiger partial charge in [-0.05, 0) is 19.1 Å². The summed E-state index contributed by atoms with van der Waals surface area (Å²) in [4.78, 5) is 0. The number of para-hydroxylation sites is 1. The minimum absolute atomic E-state index is 0.117. The Morgan fingerprint density at radius 2 is 2.13 bits per heavy atom. The number of nitrogens with two attached hydrogens (primary N) is 1. The molecule has 0 spiro atoms. The van der Waals surface area contributed by atoms with Crippen molar-refractivity contribution >= 4 is 0 Å². The molecule has 0 fully saturated rings. The molecule has 1 aromatic rings. The van der Waals surface area contributed by atoms with E-state index in [4.69, 9.17) is 15.6 Å². The highest BCUT2D eigenvalue weighted by Gasteiger charge is 2.16. The molecule has 0 aliphatic carbocycles. The number of hydrogen-bond donors (Lipinski definition) is 2. The Labute approximate surface area is 88.7 Å². The largest absolute Gasteiger partial charge is 0.490 e. The van der Waals surface area contributed by atoms with Crippen molar-refractivity contribution < 1.29 is 14.2 Å². The van der Waals surface area contributed by atoms with E-state index < -0.39 is 5.54 Å². The van der Waals surface area contributed by atoms with E-state index in [1.165, 1.54) is 6.07 Å². The SMILES string of the molecule is CC(N)(CO)CCOc1ccccc1F. The second kappa shape index (κ2) is 5.09. The molecule has 4 heteroatoms. The van der Waals surface area contributed by atoms with Crippen LogP contribution >= 0.6 is 0 Å². The molecule has 1 unspecified atom stereocenters. The number of halogens is 1. The predicted octanol–water partition coefficient (Wildman–Crippen LogP) is 1.30. The van der Waals surface area contributed by atoms with E-state index in [2.05, 4.69) is 0 Å². The predicted molar refractivity (Wildman–Crippen MR) is 56.2 cm³/mol. The third-order valence-electron chi connectivity index (χ3n) is 2.13. The summed E-state index contributed by atoms with van der Waals surface area (Å²) in [6.45, 7) is 1.89. The summed E-state index contributed by atoms with van der Waals surface area (Å²) in [5.74, 6) is -0.175. The highest BCUT2D eigenvalue weighted by molar-refractivity contribution is 5.23. The van der Waals surface area contributed by atoms with E-state index in [-0.39, 0.29) is 24.8 Å². The van der Waals surface area contributed by atoms with Crippen molar-refractivity contribution in [3.05, 3.63) is 30.1 Å². The van der Waals surface area contributed by atoms with E-state index in [1.54, 1.807) is 25.1 Å². The number of ether oxygens (including phenoxy) is 1. The van der Waals surface area contributed by atoms with Gasteiger partial charge >= 0.3 is 0 Å². The Kier molecular flexibility index (Phi) is 4.05. The van der Waals surface area contributed by atoms with Crippen molar-refractivity contribution in [2.75, 3.05) is 13.2 Å². The molecule has 3 nitrogen and oxygen atoms in total. The number of rotatable bonds is 5. The molecule has 0 saturated heterocycles. The minimum Gasteiger partial charge on any atom is -0.490 e. The molecule has 0 bridgehead atoms. The van der Waals surface area contributed by atoms with Crippen LogP contribution in [0.5, 0.6) is 5.75 Å². The zero-order chi connectivity index (χ0) is 11.3. The normalized spacial score (nSPS) is 14.7. The molecular weight excluding hydrogens is 197 g/mol. The van der Waals surface area contributed by atoms with Crippen LogP contribution in [0.4, 0.5) is 4.39 Å². The Hall–Kier alpha value is -1.13. The molecule has 1 aromatic carbocycles. The van der Waals surface area contributed by atoms with Gasteiger partial charge in [-0.3, -0.25) is 0 Å². The van der Waals surface area contributed by atoms with Crippen LogP contribution in [0.25, 0.3) is 0 Å². The summed E-state index contributed by atoms with van der Waals surface area (Å²) in [7, 11) is 0. The molecule has 0 heterocycles. The fourth-order valence-corrected chi connectivity index (χ4v) is 1.03. The molecule has 0 radical (unpaired) electrons. The number of aliphatic hydroxyl groups excluding tert-OH is 1. The number of benzene rings is 1. The Balaban J connectivity index is 2.42. The average Bonchev–Trinajstić information content (AvgIpc) is 2.21. The summed E-state index contributed by atoms with van der Waals surface area (Å²) in [5.41, 5.74) is 5.02. The highest BCUT2D eigenvalue weighted by atomic mass is 19.1. The minimum atomic E-state index is -0.675. The molecule has 0 aliphatic rings. The van der Waals surface area contributed by atoms with Crippen LogP contribution in [0.15, 0.2) is 24.3 Å². The van der Waals surface area contributed by atoms with Crippen LogP contribution in [0.2, 0.25) is 0 Å². The van der Waals surface area contributed by atoms with E-state index >= 15 is 0 Å². The number of aliphatic hydroxyl groups is 1. The van der Waals surface area contributed by atoms with Crippen LogP contribution < -0.4 is 10.5 Å². The second-order valence-corrected chi connectivity index (χ2v) is 3.84. The summed E-state index contributed by atoms with van der Waals surface area (Å²) in [6.07, 6.45) is 0.470. The summed E-state index contributed by atoms with van der Waals surface area (Å²) in [5, 5.41) is 8.89. The lowest BCUT2D eigenvalue weighted by Gasteiger charge is -2.21. The van der Waals surface area contributed by atoms with Gasteiger partial charge in [0.15, 0.2) is 11.6 Å². The molecule has 0 aromatic heterocycles. The van der Waals surface area contributed by atoms with Crippen molar-refractivity contribution in [3.63, 3.8) is 0 Å². The van der Waals surface area contributed by atoms with Crippen LogP contribution in [-0.2, 0) is 0 Å². The van der Waals surface area contributed by atoms with Crippen molar-refractivity contribution in [2.24, 2.45) is 5.73 Å².